The molecule has 0 amide bonds. The number of hydrogen-bond acceptors (Lipinski definition) is 6. The molecule has 3 aromatic rings. The Hall–Kier alpha value is -1.93. The summed E-state index contributed by atoms with van der Waals surface area (Å²) in [6, 6.07) is 0. The lowest BCUT2D eigenvalue weighted by atomic mass is 10.2. The minimum absolute atomic E-state index is 0.0445. The molecule has 0 aliphatic rings. The number of thiophene rings is 1. The summed E-state index contributed by atoms with van der Waals surface area (Å²) in [5.74, 6) is 1.50. The Bertz CT molecular complexity index is 969. The molecule has 3 heterocycles. The second kappa shape index (κ2) is 6.52. The van der Waals surface area contributed by atoms with E-state index in [1.165, 1.54) is 11.8 Å². The van der Waals surface area contributed by atoms with Crippen LogP contribution in [0.4, 0.5) is 0 Å². The van der Waals surface area contributed by atoms with E-state index in [9.17, 15) is 4.79 Å². The monoisotopic (exact) mass is 361 g/mol. The summed E-state index contributed by atoms with van der Waals surface area (Å²) in [5, 5.41) is 9.78. The van der Waals surface area contributed by atoms with Crippen molar-refractivity contribution in [2.75, 3.05) is 0 Å². The minimum Gasteiger partial charge on any atom is -0.309 e. The van der Waals surface area contributed by atoms with Crippen molar-refractivity contribution in [2.45, 2.75) is 44.6 Å². The Morgan fingerprint density at radius 3 is 2.83 bits per heavy atom. The summed E-state index contributed by atoms with van der Waals surface area (Å²) in [5.41, 5.74) is 0.935. The summed E-state index contributed by atoms with van der Waals surface area (Å²) in [4.78, 5) is 21.9. The van der Waals surface area contributed by atoms with E-state index in [1.807, 2.05) is 38.3 Å². The number of aryl methyl sites for hydroxylation is 3. The van der Waals surface area contributed by atoms with Gasteiger partial charge in [0.2, 0.25) is 0 Å². The zero-order chi connectivity index (χ0) is 17.4. The van der Waals surface area contributed by atoms with E-state index in [0.29, 0.717) is 17.8 Å². The average molecular weight is 361 g/mol. The van der Waals surface area contributed by atoms with E-state index in [0.717, 1.165) is 26.3 Å². The first-order chi connectivity index (χ1) is 11.4. The van der Waals surface area contributed by atoms with Crippen molar-refractivity contribution >= 4 is 33.3 Å². The SMILES string of the molecule is C=CCn1c(C)nnc1S[C@H](C)c1nc2sc(C)c(C)c2c(=O)[nH]1. The smallest absolute Gasteiger partial charge is 0.259 e. The largest absolute Gasteiger partial charge is 0.309 e. The maximum atomic E-state index is 12.4. The zero-order valence-corrected chi connectivity index (χ0v) is 15.7. The van der Waals surface area contributed by atoms with Gasteiger partial charge in [-0.1, -0.05) is 17.8 Å². The molecular weight excluding hydrogens is 342 g/mol. The topological polar surface area (TPSA) is 76.5 Å². The molecule has 0 bridgehead atoms. The lowest BCUT2D eigenvalue weighted by Gasteiger charge is -2.11. The first-order valence-electron chi connectivity index (χ1n) is 7.59. The number of hydrogen-bond donors (Lipinski definition) is 1. The molecule has 0 fully saturated rings. The van der Waals surface area contributed by atoms with Gasteiger partial charge in [0.05, 0.1) is 10.6 Å². The second-order valence-electron chi connectivity index (χ2n) is 5.60. The Labute approximate surface area is 148 Å². The Balaban J connectivity index is 1.96. The molecule has 3 rings (SSSR count). The third kappa shape index (κ3) is 2.91. The van der Waals surface area contributed by atoms with Crippen molar-refractivity contribution in [3.8, 4) is 0 Å². The molecule has 0 aliphatic carbocycles. The molecule has 0 saturated heterocycles. The lowest BCUT2D eigenvalue weighted by Crippen LogP contribution is -2.13. The van der Waals surface area contributed by atoms with E-state index in [-0.39, 0.29) is 10.8 Å². The number of nitrogens with zero attached hydrogens (tertiary/aromatic N) is 4. The van der Waals surface area contributed by atoms with Gasteiger partial charge >= 0.3 is 0 Å². The molecule has 126 valence electrons. The van der Waals surface area contributed by atoms with Crippen LogP contribution < -0.4 is 5.56 Å². The standard InChI is InChI=1S/C16H19N5OS2/c1-6-7-21-11(5)19-20-16(21)24-10(4)13-17-14(22)12-8(2)9(3)23-15(12)18-13/h6,10H,1,7H2,2-5H3,(H,17,18,22)/t10-/m1/s1. The fraction of sp³-hybridized carbons (Fsp3) is 0.375. The summed E-state index contributed by atoms with van der Waals surface area (Å²) >= 11 is 3.09. The molecule has 1 atom stereocenters. The number of aromatic nitrogens is 5. The van der Waals surface area contributed by atoms with Crippen molar-refractivity contribution in [1.29, 1.82) is 0 Å². The van der Waals surface area contributed by atoms with Crippen LogP contribution in [0.2, 0.25) is 0 Å². The van der Waals surface area contributed by atoms with Gasteiger partial charge in [0, 0.05) is 11.4 Å². The number of aromatic amines is 1. The highest BCUT2D eigenvalue weighted by Crippen LogP contribution is 2.33. The lowest BCUT2D eigenvalue weighted by molar-refractivity contribution is 0.701. The molecule has 0 radical (unpaired) electrons. The van der Waals surface area contributed by atoms with E-state index in [4.69, 9.17) is 0 Å². The molecule has 0 spiro atoms. The van der Waals surface area contributed by atoms with Crippen LogP contribution in [0.25, 0.3) is 10.2 Å². The van der Waals surface area contributed by atoms with Crippen molar-refractivity contribution in [3.05, 3.63) is 45.1 Å². The second-order valence-corrected chi connectivity index (χ2v) is 8.11. The number of allylic oxidation sites excluding steroid dienone is 1. The molecule has 0 aromatic carbocycles. The van der Waals surface area contributed by atoms with Crippen LogP contribution in [0.3, 0.4) is 0 Å². The Morgan fingerprint density at radius 2 is 2.12 bits per heavy atom. The third-order valence-corrected chi connectivity index (χ3v) is 6.13. The molecule has 3 aromatic heterocycles. The molecule has 1 N–H and O–H groups in total. The van der Waals surface area contributed by atoms with Gasteiger partial charge in [-0.05, 0) is 33.3 Å². The van der Waals surface area contributed by atoms with E-state index in [2.05, 4.69) is 26.7 Å². The van der Waals surface area contributed by atoms with Gasteiger partial charge in [-0.2, -0.15) is 0 Å². The van der Waals surface area contributed by atoms with Crippen LogP contribution >= 0.6 is 23.1 Å². The minimum atomic E-state index is -0.0759. The first kappa shape index (κ1) is 16.9. The van der Waals surface area contributed by atoms with Gasteiger partial charge < -0.3 is 9.55 Å². The molecule has 0 aliphatic heterocycles. The number of rotatable bonds is 5. The third-order valence-electron chi connectivity index (χ3n) is 3.94. The van der Waals surface area contributed by atoms with Crippen molar-refractivity contribution in [2.24, 2.45) is 0 Å². The van der Waals surface area contributed by atoms with E-state index < -0.39 is 0 Å². The maximum Gasteiger partial charge on any atom is 0.259 e. The fourth-order valence-electron chi connectivity index (χ4n) is 2.47. The quantitative estimate of drug-likeness (QED) is 0.555. The number of thioether (sulfide) groups is 1. The summed E-state index contributed by atoms with van der Waals surface area (Å²) < 4.78 is 1.99. The van der Waals surface area contributed by atoms with Gasteiger partial charge in [-0.25, -0.2) is 4.98 Å². The van der Waals surface area contributed by atoms with Crippen LogP contribution in [0.15, 0.2) is 22.6 Å². The summed E-state index contributed by atoms with van der Waals surface area (Å²) in [6.07, 6.45) is 1.81. The van der Waals surface area contributed by atoms with Gasteiger partial charge in [-0.3, -0.25) is 4.79 Å². The van der Waals surface area contributed by atoms with Gasteiger partial charge in [0.25, 0.3) is 5.56 Å². The van der Waals surface area contributed by atoms with Gasteiger partial charge in [0.15, 0.2) is 5.16 Å². The highest BCUT2D eigenvalue weighted by molar-refractivity contribution is 7.99. The first-order valence-corrected chi connectivity index (χ1v) is 9.29. The van der Waals surface area contributed by atoms with Crippen LogP contribution in [-0.2, 0) is 6.54 Å². The van der Waals surface area contributed by atoms with Crippen molar-refractivity contribution in [3.63, 3.8) is 0 Å². The fourth-order valence-corrected chi connectivity index (χ4v) is 4.46. The van der Waals surface area contributed by atoms with Crippen molar-refractivity contribution in [1.82, 2.24) is 24.7 Å². The Morgan fingerprint density at radius 1 is 1.38 bits per heavy atom. The van der Waals surface area contributed by atoms with Crippen molar-refractivity contribution < 1.29 is 0 Å². The van der Waals surface area contributed by atoms with Crippen LogP contribution in [0.5, 0.6) is 0 Å². The predicted molar refractivity (Wildman–Crippen MR) is 98.9 cm³/mol. The normalized spacial score (nSPS) is 12.7. The van der Waals surface area contributed by atoms with E-state index in [1.54, 1.807) is 11.3 Å². The number of nitrogens with one attached hydrogen (secondary N) is 1. The molecule has 0 unspecified atom stereocenters. The number of fused-ring (bicyclic) bond motifs is 1. The molecular formula is C16H19N5OS2. The molecule has 0 saturated carbocycles. The molecule has 8 heteroatoms. The van der Waals surface area contributed by atoms with Crippen LogP contribution in [0.1, 0.15) is 34.3 Å². The van der Waals surface area contributed by atoms with Gasteiger partial charge in [0.1, 0.15) is 16.5 Å². The number of H-pyrrole nitrogens is 1. The summed E-state index contributed by atoms with van der Waals surface area (Å²) in [7, 11) is 0. The summed E-state index contributed by atoms with van der Waals surface area (Å²) in [6.45, 7) is 12.3. The van der Waals surface area contributed by atoms with Crippen LogP contribution in [0, 0.1) is 20.8 Å². The zero-order valence-electron chi connectivity index (χ0n) is 14.1. The van der Waals surface area contributed by atoms with Crippen LogP contribution in [-0.4, -0.2) is 24.7 Å². The highest BCUT2D eigenvalue weighted by Gasteiger charge is 2.18. The average Bonchev–Trinajstić information content (AvgIpc) is 3.01. The molecule has 6 nitrogen and oxygen atoms in total. The maximum absolute atomic E-state index is 12.4. The van der Waals surface area contributed by atoms with E-state index >= 15 is 0 Å². The molecule has 24 heavy (non-hydrogen) atoms. The Kier molecular flexibility index (Phi) is 4.60. The van der Waals surface area contributed by atoms with Gasteiger partial charge in [-0.15, -0.1) is 28.1 Å². The predicted octanol–water partition coefficient (Wildman–Crippen LogP) is 3.54. The highest BCUT2D eigenvalue weighted by atomic mass is 32.2.